The van der Waals surface area contributed by atoms with Crippen molar-refractivity contribution in [3.8, 4) is 0 Å². The molecule has 0 bridgehead atoms. The van der Waals surface area contributed by atoms with Crippen LogP contribution >= 0.6 is 23.2 Å². The van der Waals surface area contributed by atoms with E-state index in [2.05, 4.69) is 10.6 Å². The number of benzene rings is 1. The summed E-state index contributed by atoms with van der Waals surface area (Å²) in [6, 6.07) is 3.82. The predicted molar refractivity (Wildman–Crippen MR) is 90.4 cm³/mol. The van der Waals surface area contributed by atoms with Crippen LogP contribution < -0.4 is 10.6 Å². The fourth-order valence-electron chi connectivity index (χ4n) is 2.63. The van der Waals surface area contributed by atoms with Gasteiger partial charge in [0.25, 0.3) is 5.91 Å². The molecule has 2 rings (SSSR count). The third-order valence-corrected chi connectivity index (χ3v) is 4.94. The SMILES string of the molecule is CC(NC(=O)c1cccc(Cl)c1Cl)C(=O)NC1(CC(=O)O)CCC1. The highest BCUT2D eigenvalue weighted by Crippen LogP contribution is 2.35. The van der Waals surface area contributed by atoms with Crippen molar-refractivity contribution in [2.45, 2.75) is 44.2 Å². The molecule has 1 aromatic carbocycles. The lowest BCUT2D eigenvalue weighted by atomic mass is 9.74. The van der Waals surface area contributed by atoms with Gasteiger partial charge < -0.3 is 15.7 Å². The maximum atomic E-state index is 12.3. The van der Waals surface area contributed by atoms with Crippen molar-refractivity contribution < 1.29 is 19.5 Å². The van der Waals surface area contributed by atoms with Gasteiger partial charge >= 0.3 is 5.97 Å². The van der Waals surface area contributed by atoms with Crippen LogP contribution in [0.5, 0.6) is 0 Å². The van der Waals surface area contributed by atoms with E-state index in [0.717, 1.165) is 6.42 Å². The van der Waals surface area contributed by atoms with Gasteiger partial charge in [-0.1, -0.05) is 29.3 Å². The summed E-state index contributed by atoms with van der Waals surface area (Å²) >= 11 is 11.9. The zero-order valence-electron chi connectivity index (χ0n) is 13.1. The first-order valence-corrected chi connectivity index (χ1v) is 8.28. The van der Waals surface area contributed by atoms with Gasteiger partial charge in [0.2, 0.25) is 5.91 Å². The zero-order valence-corrected chi connectivity index (χ0v) is 14.6. The minimum Gasteiger partial charge on any atom is -0.481 e. The van der Waals surface area contributed by atoms with E-state index in [1.54, 1.807) is 12.1 Å². The van der Waals surface area contributed by atoms with Gasteiger partial charge in [-0.3, -0.25) is 14.4 Å². The minimum atomic E-state index is -0.961. The third kappa shape index (κ3) is 4.19. The van der Waals surface area contributed by atoms with Gasteiger partial charge in [0.15, 0.2) is 0 Å². The molecule has 3 N–H and O–H groups in total. The minimum absolute atomic E-state index is 0.116. The molecule has 130 valence electrons. The highest BCUT2D eigenvalue weighted by Gasteiger charge is 2.41. The number of carbonyl (C=O) groups excluding carboxylic acids is 2. The molecular formula is C16H18Cl2N2O4. The first kappa shape index (κ1) is 18.5. The Bertz CT molecular complexity index is 674. The Kier molecular flexibility index (Phi) is 5.72. The molecule has 8 heteroatoms. The van der Waals surface area contributed by atoms with E-state index < -0.39 is 29.4 Å². The molecule has 0 radical (unpaired) electrons. The number of aliphatic carboxylic acids is 1. The molecule has 0 aromatic heterocycles. The molecular weight excluding hydrogens is 355 g/mol. The van der Waals surface area contributed by atoms with Crippen molar-refractivity contribution in [2.75, 3.05) is 0 Å². The predicted octanol–water partition coefficient (Wildman–Crippen LogP) is 2.63. The molecule has 1 fully saturated rings. The van der Waals surface area contributed by atoms with Crippen LogP contribution in [0.3, 0.4) is 0 Å². The van der Waals surface area contributed by atoms with E-state index in [1.807, 2.05) is 0 Å². The molecule has 0 heterocycles. The quantitative estimate of drug-likeness (QED) is 0.714. The third-order valence-electron chi connectivity index (χ3n) is 4.13. The molecule has 1 unspecified atom stereocenters. The molecule has 0 aliphatic heterocycles. The second-order valence-electron chi connectivity index (χ2n) is 5.99. The van der Waals surface area contributed by atoms with E-state index in [9.17, 15) is 14.4 Å². The monoisotopic (exact) mass is 372 g/mol. The average Bonchev–Trinajstić information content (AvgIpc) is 2.46. The lowest BCUT2D eigenvalue weighted by molar-refractivity contribution is -0.140. The highest BCUT2D eigenvalue weighted by molar-refractivity contribution is 6.43. The van der Waals surface area contributed by atoms with E-state index in [4.69, 9.17) is 28.3 Å². The Balaban J connectivity index is 1.99. The summed E-state index contributed by atoms with van der Waals surface area (Å²) in [5.41, 5.74) is -0.539. The van der Waals surface area contributed by atoms with E-state index in [1.165, 1.54) is 13.0 Å². The molecule has 1 aliphatic carbocycles. The van der Waals surface area contributed by atoms with Crippen LogP contribution in [0.4, 0.5) is 0 Å². The Hall–Kier alpha value is -1.79. The molecule has 1 aromatic rings. The van der Waals surface area contributed by atoms with E-state index in [0.29, 0.717) is 12.8 Å². The standard InChI is InChI=1S/C16H18Cl2N2O4/c1-9(14(23)20-16(6-3-7-16)8-12(21)22)19-15(24)10-4-2-5-11(17)13(10)18/h2,4-5,9H,3,6-8H2,1H3,(H,19,24)(H,20,23)(H,21,22). The fraction of sp³-hybridized carbons (Fsp3) is 0.438. The number of hydrogen-bond donors (Lipinski definition) is 3. The van der Waals surface area contributed by atoms with Gasteiger partial charge in [-0.05, 0) is 38.3 Å². The maximum absolute atomic E-state index is 12.3. The van der Waals surface area contributed by atoms with Gasteiger partial charge in [-0.15, -0.1) is 0 Å². The summed E-state index contributed by atoms with van der Waals surface area (Å²) in [6.45, 7) is 1.53. The van der Waals surface area contributed by atoms with Gasteiger partial charge in [-0.25, -0.2) is 0 Å². The highest BCUT2D eigenvalue weighted by atomic mass is 35.5. The fourth-order valence-corrected chi connectivity index (χ4v) is 3.01. The number of halogens is 2. The summed E-state index contributed by atoms with van der Waals surface area (Å²) in [6.07, 6.45) is 1.98. The smallest absolute Gasteiger partial charge is 0.305 e. The number of amides is 2. The molecule has 0 saturated heterocycles. The molecule has 1 saturated carbocycles. The molecule has 1 atom stereocenters. The molecule has 1 aliphatic rings. The molecule has 6 nitrogen and oxygen atoms in total. The summed E-state index contributed by atoms with van der Waals surface area (Å²) in [7, 11) is 0. The van der Waals surface area contributed by atoms with Gasteiger partial charge in [0.05, 0.1) is 27.6 Å². The number of carbonyl (C=O) groups is 3. The lowest BCUT2D eigenvalue weighted by Gasteiger charge is -2.42. The van der Waals surface area contributed by atoms with Gasteiger partial charge in [0.1, 0.15) is 6.04 Å². The van der Waals surface area contributed by atoms with Crippen LogP contribution in [0.15, 0.2) is 18.2 Å². The maximum Gasteiger partial charge on any atom is 0.305 e. The first-order valence-electron chi connectivity index (χ1n) is 7.53. The lowest BCUT2D eigenvalue weighted by Crippen LogP contribution is -2.58. The number of nitrogens with one attached hydrogen (secondary N) is 2. The Morgan fingerprint density at radius 1 is 1.29 bits per heavy atom. The number of carboxylic acids is 1. The molecule has 2 amide bonds. The van der Waals surface area contributed by atoms with Crippen LogP contribution in [0.25, 0.3) is 0 Å². The van der Waals surface area contributed by atoms with Crippen LogP contribution in [-0.4, -0.2) is 34.5 Å². The van der Waals surface area contributed by atoms with Crippen molar-refractivity contribution in [2.24, 2.45) is 0 Å². The number of hydrogen-bond acceptors (Lipinski definition) is 3. The van der Waals surface area contributed by atoms with Crippen LogP contribution in [0.1, 0.15) is 43.0 Å². The molecule has 24 heavy (non-hydrogen) atoms. The number of rotatable bonds is 6. The van der Waals surface area contributed by atoms with Crippen molar-refractivity contribution in [1.29, 1.82) is 0 Å². The number of carboxylic acid groups (broad SMARTS) is 1. The van der Waals surface area contributed by atoms with Crippen LogP contribution in [0.2, 0.25) is 10.0 Å². The van der Waals surface area contributed by atoms with Crippen LogP contribution in [0, 0.1) is 0 Å². The second kappa shape index (κ2) is 7.40. The topological polar surface area (TPSA) is 95.5 Å². The first-order chi connectivity index (χ1) is 11.2. The summed E-state index contributed by atoms with van der Waals surface area (Å²) in [5, 5.41) is 14.6. The van der Waals surface area contributed by atoms with Gasteiger partial charge in [0, 0.05) is 0 Å². The zero-order chi connectivity index (χ0) is 17.9. The summed E-state index contributed by atoms with van der Waals surface area (Å²) in [4.78, 5) is 35.4. The Morgan fingerprint density at radius 2 is 1.96 bits per heavy atom. The Labute approximate surface area is 149 Å². The van der Waals surface area contributed by atoms with E-state index in [-0.39, 0.29) is 22.0 Å². The van der Waals surface area contributed by atoms with Crippen molar-refractivity contribution in [3.63, 3.8) is 0 Å². The second-order valence-corrected chi connectivity index (χ2v) is 6.78. The normalized spacial score (nSPS) is 16.6. The average molecular weight is 373 g/mol. The Morgan fingerprint density at radius 3 is 2.50 bits per heavy atom. The largest absolute Gasteiger partial charge is 0.481 e. The summed E-state index contributed by atoms with van der Waals surface area (Å²) < 4.78 is 0. The van der Waals surface area contributed by atoms with Gasteiger partial charge in [-0.2, -0.15) is 0 Å². The van der Waals surface area contributed by atoms with Crippen molar-refractivity contribution >= 4 is 41.0 Å². The van der Waals surface area contributed by atoms with Crippen LogP contribution in [-0.2, 0) is 9.59 Å². The summed E-state index contributed by atoms with van der Waals surface area (Å²) in [5.74, 6) is -1.91. The van der Waals surface area contributed by atoms with Crippen molar-refractivity contribution in [3.05, 3.63) is 33.8 Å². The molecule has 0 spiro atoms. The van der Waals surface area contributed by atoms with Crippen molar-refractivity contribution in [1.82, 2.24) is 10.6 Å². The van der Waals surface area contributed by atoms with E-state index >= 15 is 0 Å².